The minimum atomic E-state index is -0.687. The van der Waals surface area contributed by atoms with E-state index in [0.717, 1.165) is 18.2 Å². The molecule has 0 saturated carbocycles. The van der Waals surface area contributed by atoms with E-state index in [-0.39, 0.29) is 17.9 Å². The molecule has 0 unspecified atom stereocenters. The fourth-order valence-electron chi connectivity index (χ4n) is 1.39. The van der Waals surface area contributed by atoms with Crippen LogP contribution in [0.3, 0.4) is 0 Å². The summed E-state index contributed by atoms with van der Waals surface area (Å²) in [4.78, 5) is 14.8. The monoisotopic (exact) mass is 253 g/mol. The van der Waals surface area contributed by atoms with Crippen LogP contribution in [0.4, 0.5) is 8.78 Å². The van der Waals surface area contributed by atoms with E-state index in [1.165, 1.54) is 18.1 Å². The van der Waals surface area contributed by atoms with Gasteiger partial charge < -0.3 is 4.74 Å². The summed E-state index contributed by atoms with van der Waals surface area (Å²) < 4.78 is 32.0. The highest BCUT2D eigenvalue weighted by molar-refractivity contribution is 5.84. The first-order valence-corrected chi connectivity index (χ1v) is 5.02. The van der Waals surface area contributed by atoms with Gasteiger partial charge in [0.1, 0.15) is 18.0 Å². The average Bonchev–Trinajstić information content (AvgIpc) is 2.81. The lowest BCUT2D eigenvalue weighted by molar-refractivity contribution is 0.0586. The van der Waals surface area contributed by atoms with Crippen molar-refractivity contribution >= 4 is 5.97 Å². The van der Waals surface area contributed by atoms with Gasteiger partial charge in [-0.3, -0.25) is 0 Å². The first-order chi connectivity index (χ1) is 8.60. The summed E-state index contributed by atoms with van der Waals surface area (Å²) in [7, 11) is 1.20. The second-order valence-corrected chi connectivity index (χ2v) is 3.49. The van der Waals surface area contributed by atoms with Gasteiger partial charge in [0.15, 0.2) is 0 Å². The Kier molecular flexibility index (Phi) is 3.31. The van der Waals surface area contributed by atoms with E-state index in [0.29, 0.717) is 0 Å². The number of carbonyl (C=O) groups is 1. The second-order valence-electron chi connectivity index (χ2n) is 3.49. The number of carbonyl (C=O) groups excluding carboxylic acids is 1. The lowest BCUT2D eigenvalue weighted by atomic mass is 10.2. The number of hydrogen-bond acceptors (Lipinski definition) is 4. The van der Waals surface area contributed by atoms with Crippen LogP contribution in [0, 0.1) is 11.6 Å². The maximum absolute atomic E-state index is 13.4. The molecule has 0 aliphatic heterocycles. The van der Waals surface area contributed by atoms with Crippen LogP contribution < -0.4 is 0 Å². The van der Waals surface area contributed by atoms with Crippen molar-refractivity contribution in [2.24, 2.45) is 0 Å². The van der Waals surface area contributed by atoms with Crippen molar-refractivity contribution in [3.63, 3.8) is 0 Å². The fourth-order valence-corrected chi connectivity index (χ4v) is 1.39. The zero-order valence-electron chi connectivity index (χ0n) is 9.43. The number of halogens is 2. The summed E-state index contributed by atoms with van der Waals surface area (Å²) in [6.07, 6.45) is 1.25. The Bertz CT molecular complexity index is 583. The number of rotatable bonds is 3. The van der Waals surface area contributed by atoms with Gasteiger partial charge in [0, 0.05) is 5.56 Å². The maximum atomic E-state index is 13.4. The van der Waals surface area contributed by atoms with Gasteiger partial charge in [-0.25, -0.2) is 23.2 Å². The highest BCUT2D eigenvalue weighted by Crippen LogP contribution is 2.10. The molecular weight excluding hydrogens is 244 g/mol. The van der Waals surface area contributed by atoms with Crippen molar-refractivity contribution in [2.75, 3.05) is 7.11 Å². The molecule has 1 aromatic carbocycles. The predicted octanol–water partition coefficient (Wildman–Crippen LogP) is 1.39. The molecule has 18 heavy (non-hydrogen) atoms. The maximum Gasteiger partial charge on any atom is 0.377 e. The van der Waals surface area contributed by atoms with Gasteiger partial charge in [-0.1, -0.05) is 0 Å². The van der Waals surface area contributed by atoms with Gasteiger partial charge in [-0.2, -0.15) is 0 Å². The Labute approximate surface area is 101 Å². The molecule has 0 aliphatic carbocycles. The van der Waals surface area contributed by atoms with Crippen LogP contribution in [0.1, 0.15) is 16.2 Å². The number of hydrogen-bond donors (Lipinski definition) is 0. The molecule has 0 aliphatic rings. The Hall–Kier alpha value is -2.31. The molecule has 0 N–H and O–H groups in total. The fraction of sp³-hybridized carbons (Fsp3) is 0.182. The normalized spacial score (nSPS) is 10.4. The van der Waals surface area contributed by atoms with Gasteiger partial charge in [-0.15, -0.1) is 5.10 Å². The van der Waals surface area contributed by atoms with E-state index >= 15 is 0 Å². The average molecular weight is 253 g/mol. The molecular formula is C11H9F2N3O2. The van der Waals surface area contributed by atoms with Gasteiger partial charge in [0.25, 0.3) is 5.82 Å². The van der Waals surface area contributed by atoms with Gasteiger partial charge in [-0.05, 0) is 18.2 Å². The first kappa shape index (κ1) is 12.2. The lowest BCUT2D eigenvalue weighted by Crippen LogP contribution is -2.07. The minimum Gasteiger partial charge on any atom is -0.463 e. The summed E-state index contributed by atoms with van der Waals surface area (Å²) in [5.74, 6) is -1.91. The molecule has 0 atom stereocenters. The number of methoxy groups -OCH3 is 1. The Morgan fingerprint density at radius 3 is 2.94 bits per heavy atom. The van der Waals surface area contributed by atoms with Crippen LogP contribution in [-0.4, -0.2) is 27.8 Å². The van der Waals surface area contributed by atoms with Gasteiger partial charge in [0.2, 0.25) is 0 Å². The van der Waals surface area contributed by atoms with Crippen LogP contribution in [0.15, 0.2) is 24.5 Å². The molecule has 1 heterocycles. The summed E-state index contributed by atoms with van der Waals surface area (Å²) in [6, 6.07) is 3.12. The van der Waals surface area contributed by atoms with Crippen LogP contribution >= 0.6 is 0 Å². The molecule has 7 heteroatoms. The summed E-state index contributed by atoms with van der Waals surface area (Å²) in [5, 5.41) is 3.79. The predicted molar refractivity (Wildman–Crippen MR) is 56.8 cm³/mol. The molecule has 0 bridgehead atoms. The minimum absolute atomic E-state index is 0.0203. The van der Waals surface area contributed by atoms with Crippen LogP contribution in [-0.2, 0) is 11.3 Å². The SMILES string of the molecule is COC(=O)c1ncn(Cc2cc(F)ccc2F)n1. The van der Waals surface area contributed by atoms with Crippen molar-refractivity contribution in [3.8, 4) is 0 Å². The molecule has 2 rings (SSSR count). The van der Waals surface area contributed by atoms with E-state index < -0.39 is 17.6 Å². The number of ether oxygens (including phenoxy) is 1. The molecule has 1 aromatic heterocycles. The van der Waals surface area contributed by atoms with Crippen molar-refractivity contribution < 1.29 is 18.3 Å². The van der Waals surface area contributed by atoms with Crippen LogP contribution in [0.25, 0.3) is 0 Å². The third-order valence-electron chi connectivity index (χ3n) is 2.24. The molecule has 0 radical (unpaired) electrons. The molecule has 0 fully saturated rings. The molecule has 94 valence electrons. The third kappa shape index (κ3) is 2.50. The van der Waals surface area contributed by atoms with Crippen molar-refractivity contribution in [3.05, 3.63) is 47.5 Å². The quantitative estimate of drug-likeness (QED) is 0.776. The van der Waals surface area contributed by atoms with E-state index in [9.17, 15) is 13.6 Å². The largest absolute Gasteiger partial charge is 0.463 e. The van der Waals surface area contributed by atoms with Gasteiger partial charge in [0.05, 0.1) is 13.7 Å². The van der Waals surface area contributed by atoms with Gasteiger partial charge >= 0.3 is 5.97 Å². The third-order valence-corrected chi connectivity index (χ3v) is 2.24. The lowest BCUT2D eigenvalue weighted by Gasteiger charge is -2.02. The summed E-state index contributed by atoms with van der Waals surface area (Å²) in [6.45, 7) is -0.0203. The summed E-state index contributed by atoms with van der Waals surface area (Å²) >= 11 is 0. The van der Waals surface area contributed by atoms with Crippen molar-refractivity contribution in [1.29, 1.82) is 0 Å². The highest BCUT2D eigenvalue weighted by atomic mass is 19.1. The highest BCUT2D eigenvalue weighted by Gasteiger charge is 2.12. The molecule has 0 amide bonds. The van der Waals surface area contributed by atoms with E-state index in [1.807, 2.05) is 0 Å². The van der Waals surface area contributed by atoms with Crippen molar-refractivity contribution in [2.45, 2.75) is 6.54 Å². The van der Waals surface area contributed by atoms with Crippen LogP contribution in [0.5, 0.6) is 0 Å². The smallest absolute Gasteiger partial charge is 0.377 e. The first-order valence-electron chi connectivity index (χ1n) is 5.02. The molecule has 0 spiro atoms. The zero-order chi connectivity index (χ0) is 13.1. The second kappa shape index (κ2) is 4.91. The molecule has 2 aromatic rings. The number of aromatic nitrogens is 3. The Balaban J connectivity index is 2.21. The Morgan fingerprint density at radius 1 is 1.44 bits per heavy atom. The van der Waals surface area contributed by atoms with E-state index in [2.05, 4.69) is 14.8 Å². The van der Waals surface area contributed by atoms with E-state index in [1.54, 1.807) is 0 Å². The standard InChI is InChI=1S/C11H9F2N3O2/c1-18-11(17)10-14-6-16(15-10)5-7-4-8(12)2-3-9(7)13/h2-4,6H,5H2,1H3. The van der Waals surface area contributed by atoms with E-state index in [4.69, 9.17) is 0 Å². The molecule has 0 saturated heterocycles. The van der Waals surface area contributed by atoms with Crippen LogP contribution in [0.2, 0.25) is 0 Å². The summed E-state index contributed by atoms with van der Waals surface area (Å²) in [5.41, 5.74) is 0.122. The Morgan fingerprint density at radius 2 is 2.22 bits per heavy atom. The number of benzene rings is 1. The molecule has 5 nitrogen and oxygen atoms in total. The number of nitrogens with zero attached hydrogens (tertiary/aromatic N) is 3. The topological polar surface area (TPSA) is 57.0 Å². The number of esters is 1. The van der Waals surface area contributed by atoms with Crippen molar-refractivity contribution in [1.82, 2.24) is 14.8 Å². The zero-order valence-corrected chi connectivity index (χ0v) is 9.43.